The van der Waals surface area contributed by atoms with Crippen LogP contribution in [-0.2, 0) is 6.54 Å². The lowest BCUT2D eigenvalue weighted by atomic mass is 9.89. The van der Waals surface area contributed by atoms with Crippen molar-refractivity contribution in [2.45, 2.75) is 45.6 Å². The summed E-state index contributed by atoms with van der Waals surface area (Å²) < 4.78 is 20.9. The average Bonchev–Trinajstić information content (AvgIpc) is 2.81. The lowest BCUT2D eigenvalue weighted by Gasteiger charge is -2.23. The van der Waals surface area contributed by atoms with Crippen LogP contribution in [0.3, 0.4) is 0 Å². The van der Waals surface area contributed by atoms with Gasteiger partial charge in [-0.25, -0.2) is 9.07 Å². The van der Waals surface area contributed by atoms with Gasteiger partial charge >= 0.3 is 0 Å². The van der Waals surface area contributed by atoms with Crippen LogP contribution in [0.2, 0.25) is 0 Å². The number of aryl methyl sites for hydroxylation is 1. The van der Waals surface area contributed by atoms with Gasteiger partial charge < -0.3 is 4.74 Å². The van der Waals surface area contributed by atoms with Gasteiger partial charge in [-0.3, -0.25) is 4.79 Å². The Labute approximate surface area is 188 Å². The zero-order valence-corrected chi connectivity index (χ0v) is 18.7. The van der Waals surface area contributed by atoms with Crippen LogP contribution >= 0.6 is 0 Å². The normalized spacial score (nSPS) is 14.7. The molecule has 5 heteroatoms. The van der Waals surface area contributed by atoms with Gasteiger partial charge in [0.05, 0.1) is 18.4 Å². The van der Waals surface area contributed by atoms with Crippen LogP contribution in [0.1, 0.15) is 48.9 Å². The Morgan fingerprint density at radius 2 is 1.88 bits per heavy atom. The van der Waals surface area contributed by atoms with E-state index in [0.29, 0.717) is 29.3 Å². The third kappa shape index (κ3) is 4.82. The molecule has 2 aromatic carbocycles. The minimum atomic E-state index is -0.308. The highest BCUT2D eigenvalue weighted by Crippen LogP contribution is 2.34. The lowest BCUT2D eigenvalue weighted by molar-refractivity contribution is 0.302. The maximum atomic E-state index is 13.7. The number of aromatic nitrogens is 2. The number of benzene rings is 2. The highest BCUT2D eigenvalue weighted by Gasteiger charge is 2.20. The molecule has 32 heavy (non-hydrogen) atoms. The molecule has 1 fully saturated rings. The smallest absolute Gasteiger partial charge is 0.274 e. The molecule has 0 atom stereocenters. The topological polar surface area (TPSA) is 44.1 Å². The minimum absolute atomic E-state index is 0.130. The Morgan fingerprint density at radius 1 is 1.09 bits per heavy atom. The third-order valence-corrected chi connectivity index (χ3v) is 6.19. The maximum Gasteiger partial charge on any atom is 0.274 e. The fraction of sp³-hybridized carbons (Fsp3) is 0.333. The first-order valence-electron chi connectivity index (χ1n) is 11.3. The van der Waals surface area contributed by atoms with E-state index in [1.54, 1.807) is 30.0 Å². The van der Waals surface area contributed by atoms with E-state index in [1.807, 2.05) is 37.3 Å². The van der Waals surface area contributed by atoms with Crippen molar-refractivity contribution in [2.24, 2.45) is 5.92 Å². The summed E-state index contributed by atoms with van der Waals surface area (Å²) in [5, 5.41) is 4.70. The van der Waals surface area contributed by atoms with Gasteiger partial charge in [-0.05, 0) is 55.5 Å². The monoisotopic (exact) mass is 432 g/mol. The van der Waals surface area contributed by atoms with Gasteiger partial charge in [0.1, 0.15) is 11.6 Å². The van der Waals surface area contributed by atoms with Crippen molar-refractivity contribution >= 4 is 12.2 Å². The Hall–Kier alpha value is -3.21. The Kier molecular flexibility index (Phi) is 6.84. The molecule has 1 saturated carbocycles. The second-order valence-corrected chi connectivity index (χ2v) is 8.45. The summed E-state index contributed by atoms with van der Waals surface area (Å²) >= 11 is 0. The zero-order valence-electron chi connectivity index (χ0n) is 18.7. The summed E-state index contributed by atoms with van der Waals surface area (Å²) in [6, 6.07) is 14.0. The van der Waals surface area contributed by atoms with Gasteiger partial charge in [-0.15, -0.1) is 0 Å². The molecular weight excluding hydrogens is 403 g/mol. The fourth-order valence-electron chi connectivity index (χ4n) is 4.59. The first-order chi connectivity index (χ1) is 15.6. The summed E-state index contributed by atoms with van der Waals surface area (Å²) in [6.07, 6.45) is 9.53. The quantitative estimate of drug-likeness (QED) is 0.471. The molecule has 4 rings (SSSR count). The molecule has 0 spiro atoms. The molecule has 0 amide bonds. The van der Waals surface area contributed by atoms with Gasteiger partial charge in [0, 0.05) is 17.7 Å². The van der Waals surface area contributed by atoms with Gasteiger partial charge in [-0.1, -0.05) is 55.7 Å². The Balaban J connectivity index is 1.84. The molecule has 0 bridgehead atoms. The first kappa shape index (κ1) is 22.0. The van der Waals surface area contributed by atoms with Crippen LogP contribution in [0.15, 0.2) is 53.3 Å². The molecule has 4 nitrogen and oxygen atoms in total. The summed E-state index contributed by atoms with van der Waals surface area (Å²) in [4.78, 5) is 13.6. The van der Waals surface area contributed by atoms with E-state index < -0.39 is 0 Å². The number of methoxy groups -OCH3 is 1. The number of halogens is 1. The van der Waals surface area contributed by atoms with Crippen molar-refractivity contribution in [3.8, 4) is 16.9 Å². The Morgan fingerprint density at radius 3 is 2.62 bits per heavy atom. The molecule has 0 radical (unpaired) electrons. The first-order valence-corrected chi connectivity index (χ1v) is 11.3. The van der Waals surface area contributed by atoms with Crippen molar-refractivity contribution in [1.29, 1.82) is 0 Å². The highest BCUT2D eigenvalue weighted by molar-refractivity contribution is 5.84. The van der Waals surface area contributed by atoms with Crippen LogP contribution in [0.25, 0.3) is 23.3 Å². The minimum Gasteiger partial charge on any atom is -0.496 e. The molecule has 0 N–H and O–H groups in total. The van der Waals surface area contributed by atoms with Crippen LogP contribution in [0.4, 0.5) is 4.39 Å². The lowest BCUT2D eigenvalue weighted by Crippen LogP contribution is -2.30. The summed E-state index contributed by atoms with van der Waals surface area (Å²) in [5.41, 5.74) is 3.45. The number of rotatable bonds is 6. The predicted molar refractivity (Wildman–Crippen MR) is 127 cm³/mol. The Bertz CT molecular complexity index is 1180. The molecule has 1 aromatic heterocycles. The second-order valence-electron chi connectivity index (χ2n) is 8.45. The molecular formula is C27H29FN2O2. The van der Waals surface area contributed by atoms with E-state index in [-0.39, 0.29) is 11.4 Å². The van der Waals surface area contributed by atoms with Crippen LogP contribution < -0.4 is 10.3 Å². The summed E-state index contributed by atoms with van der Waals surface area (Å²) in [6.45, 7) is 2.56. The zero-order chi connectivity index (χ0) is 22.5. The molecule has 1 heterocycles. The average molecular weight is 433 g/mol. The van der Waals surface area contributed by atoms with Gasteiger partial charge in [0.2, 0.25) is 0 Å². The summed E-state index contributed by atoms with van der Waals surface area (Å²) in [5.74, 6) is 0.852. The molecule has 0 saturated heterocycles. The van der Waals surface area contributed by atoms with Crippen molar-refractivity contribution in [2.75, 3.05) is 7.11 Å². The number of nitrogens with zero attached hydrogens (tertiary/aromatic N) is 2. The van der Waals surface area contributed by atoms with E-state index in [2.05, 4.69) is 0 Å². The van der Waals surface area contributed by atoms with E-state index in [4.69, 9.17) is 9.84 Å². The van der Waals surface area contributed by atoms with E-state index >= 15 is 0 Å². The predicted octanol–water partition coefficient (Wildman–Crippen LogP) is 6.12. The molecule has 3 aromatic rings. The molecule has 1 aliphatic rings. The molecule has 166 valence electrons. The van der Waals surface area contributed by atoms with Crippen molar-refractivity contribution in [3.05, 3.63) is 81.5 Å². The van der Waals surface area contributed by atoms with Gasteiger partial charge in [0.25, 0.3) is 5.56 Å². The standard InChI is InChI=1S/C27H29FN2O2/c1-19-26(23-13-6-7-14-25(23)32-2)24(16-15-20-11-8-12-22(28)17-20)27(31)30(29-19)18-21-9-4-3-5-10-21/h6-8,11-17,21H,3-5,9-10,18H2,1-2H3. The van der Waals surface area contributed by atoms with Crippen molar-refractivity contribution < 1.29 is 9.13 Å². The third-order valence-electron chi connectivity index (χ3n) is 6.19. The summed E-state index contributed by atoms with van der Waals surface area (Å²) in [7, 11) is 1.62. The fourth-order valence-corrected chi connectivity index (χ4v) is 4.59. The van der Waals surface area contributed by atoms with Crippen LogP contribution in [0, 0.1) is 18.7 Å². The molecule has 0 unspecified atom stereocenters. The van der Waals surface area contributed by atoms with Crippen molar-refractivity contribution in [1.82, 2.24) is 9.78 Å². The SMILES string of the molecule is COc1ccccc1-c1c(C)nn(CC2CCCCC2)c(=O)c1C=Cc1cccc(F)c1. The van der Waals surface area contributed by atoms with Gasteiger partial charge in [0.15, 0.2) is 0 Å². The molecule has 0 aliphatic heterocycles. The van der Waals surface area contributed by atoms with Crippen molar-refractivity contribution in [3.63, 3.8) is 0 Å². The van der Waals surface area contributed by atoms with E-state index in [1.165, 1.54) is 31.4 Å². The second kappa shape index (κ2) is 9.94. The molecule has 1 aliphatic carbocycles. The van der Waals surface area contributed by atoms with E-state index in [0.717, 1.165) is 29.7 Å². The van der Waals surface area contributed by atoms with Crippen LogP contribution in [-0.4, -0.2) is 16.9 Å². The largest absolute Gasteiger partial charge is 0.496 e. The van der Waals surface area contributed by atoms with E-state index in [9.17, 15) is 9.18 Å². The number of para-hydroxylation sites is 1. The number of hydrogen-bond acceptors (Lipinski definition) is 3. The van der Waals surface area contributed by atoms with Gasteiger partial charge in [-0.2, -0.15) is 5.10 Å². The van der Waals surface area contributed by atoms with Crippen LogP contribution in [0.5, 0.6) is 5.75 Å². The number of hydrogen-bond donors (Lipinski definition) is 0. The maximum absolute atomic E-state index is 13.7. The number of ether oxygens (including phenoxy) is 1. The highest BCUT2D eigenvalue weighted by atomic mass is 19.1.